The zero-order chi connectivity index (χ0) is 17.3. The number of β-lactam (4-membered cyclic amide) rings is 1. The molecule has 8 heteroatoms. The minimum atomic E-state index is -0.573. The van der Waals surface area contributed by atoms with Crippen LogP contribution in [0.3, 0.4) is 0 Å². The first kappa shape index (κ1) is 17.1. The molecule has 24 heavy (non-hydrogen) atoms. The van der Waals surface area contributed by atoms with Crippen molar-refractivity contribution >= 4 is 35.2 Å². The summed E-state index contributed by atoms with van der Waals surface area (Å²) in [5, 5.41) is -0.215. The summed E-state index contributed by atoms with van der Waals surface area (Å²) in [4.78, 5) is 25.9. The van der Waals surface area contributed by atoms with Crippen LogP contribution in [0.15, 0.2) is 35.5 Å². The normalized spacial score (nSPS) is 22.8. The molecule has 6 nitrogen and oxygen atoms in total. The predicted octanol–water partition coefficient (Wildman–Crippen LogP) is 1.47. The van der Waals surface area contributed by atoms with Crippen LogP contribution in [-0.4, -0.2) is 46.9 Å². The fourth-order valence-electron chi connectivity index (χ4n) is 2.61. The highest BCUT2D eigenvalue weighted by Crippen LogP contribution is 2.40. The van der Waals surface area contributed by atoms with Gasteiger partial charge in [-0.15, -0.1) is 23.4 Å². The Morgan fingerprint density at radius 2 is 2.12 bits per heavy atom. The van der Waals surface area contributed by atoms with E-state index in [1.165, 1.54) is 16.7 Å². The van der Waals surface area contributed by atoms with Crippen molar-refractivity contribution in [2.24, 2.45) is 5.73 Å². The average molecular weight is 369 g/mol. The maximum Gasteiger partial charge on any atom is 0.355 e. The van der Waals surface area contributed by atoms with Crippen molar-refractivity contribution in [2.75, 3.05) is 18.7 Å². The largest absolute Gasteiger partial charge is 0.497 e. The minimum Gasteiger partial charge on any atom is -0.497 e. The van der Waals surface area contributed by atoms with Gasteiger partial charge in [0.2, 0.25) is 5.91 Å². The van der Waals surface area contributed by atoms with Crippen molar-refractivity contribution in [3.05, 3.63) is 41.1 Å². The number of nitrogens with zero attached hydrogens (tertiary/aromatic N) is 1. The standard InChI is InChI=1S/C16H17ClN2O4S/c1-22-11-4-2-9(3-5-11)7-23-16(21)13-10(6-17)8-24-15-12(18)14(20)19(13)15/h2-5,12,15H,6-8,18H2,1H3/t12-,15?/m1/s1. The molecule has 2 N–H and O–H groups in total. The number of amides is 1. The van der Waals surface area contributed by atoms with Crippen LogP contribution in [-0.2, 0) is 20.9 Å². The van der Waals surface area contributed by atoms with E-state index in [2.05, 4.69) is 0 Å². The van der Waals surface area contributed by atoms with Gasteiger partial charge in [0, 0.05) is 11.6 Å². The molecule has 0 radical (unpaired) electrons. The van der Waals surface area contributed by atoms with Crippen LogP contribution in [0.2, 0.25) is 0 Å². The minimum absolute atomic E-state index is 0.105. The van der Waals surface area contributed by atoms with E-state index in [1.54, 1.807) is 19.2 Å². The number of ether oxygens (including phenoxy) is 2. The first-order valence-electron chi connectivity index (χ1n) is 7.35. The number of esters is 1. The van der Waals surface area contributed by atoms with E-state index in [-0.39, 0.29) is 29.5 Å². The number of halogens is 1. The van der Waals surface area contributed by atoms with Gasteiger partial charge in [0.1, 0.15) is 29.5 Å². The lowest BCUT2D eigenvalue weighted by Crippen LogP contribution is -2.68. The molecule has 2 heterocycles. The van der Waals surface area contributed by atoms with Gasteiger partial charge < -0.3 is 15.2 Å². The fourth-order valence-corrected chi connectivity index (χ4v) is 4.24. The van der Waals surface area contributed by atoms with Crippen LogP contribution in [0.1, 0.15) is 5.56 Å². The molecule has 0 spiro atoms. The summed E-state index contributed by atoms with van der Waals surface area (Å²) in [6.45, 7) is 0.105. The summed E-state index contributed by atoms with van der Waals surface area (Å²) in [7, 11) is 1.58. The second kappa shape index (κ2) is 7.04. The Bertz CT molecular complexity index is 692. The molecule has 2 aliphatic rings. The van der Waals surface area contributed by atoms with Gasteiger partial charge in [-0.2, -0.15) is 0 Å². The molecule has 0 bridgehead atoms. The first-order chi connectivity index (χ1) is 11.6. The van der Waals surface area contributed by atoms with Gasteiger partial charge in [0.25, 0.3) is 0 Å². The van der Waals surface area contributed by atoms with E-state index >= 15 is 0 Å². The smallest absolute Gasteiger partial charge is 0.355 e. The van der Waals surface area contributed by atoms with E-state index < -0.39 is 12.0 Å². The molecular formula is C16H17ClN2O4S. The molecule has 0 saturated carbocycles. The number of fused-ring (bicyclic) bond motifs is 1. The lowest BCUT2D eigenvalue weighted by Gasteiger charge is -2.48. The van der Waals surface area contributed by atoms with Crippen molar-refractivity contribution in [3.8, 4) is 5.75 Å². The molecule has 0 aliphatic carbocycles. The Morgan fingerprint density at radius 3 is 2.75 bits per heavy atom. The van der Waals surface area contributed by atoms with Gasteiger partial charge >= 0.3 is 5.97 Å². The monoisotopic (exact) mass is 368 g/mol. The molecule has 0 aromatic heterocycles. The van der Waals surface area contributed by atoms with Gasteiger partial charge in [-0.1, -0.05) is 12.1 Å². The van der Waals surface area contributed by atoms with Crippen molar-refractivity contribution in [2.45, 2.75) is 18.0 Å². The van der Waals surface area contributed by atoms with Gasteiger partial charge in [0.15, 0.2) is 0 Å². The third kappa shape index (κ3) is 2.99. The van der Waals surface area contributed by atoms with Crippen LogP contribution < -0.4 is 10.5 Å². The summed E-state index contributed by atoms with van der Waals surface area (Å²) in [5.74, 6) is 0.646. The van der Waals surface area contributed by atoms with Crippen molar-refractivity contribution in [1.29, 1.82) is 0 Å². The van der Waals surface area contributed by atoms with E-state index in [1.807, 2.05) is 12.1 Å². The lowest BCUT2D eigenvalue weighted by atomic mass is 10.0. The van der Waals surface area contributed by atoms with E-state index in [4.69, 9.17) is 26.8 Å². The number of rotatable bonds is 5. The van der Waals surface area contributed by atoms with E-state index in [0.29, 0.717) is 11.3 Å². The van der Waals surface area contributed by atoms with Gasteiger partial charge in [-0.05, 0) is 23.3 Å². The Morgan fingerprint density at radius 1 is 1.42 bits per heavy atom. The van der Waals surface area contributed by atoms with Crippen LogP contribution in [0, 0.1) is 0 Å². The zero-order valence-corrected chi connectivity index (χ0v) is 14.6. The predicted molar refractivity (Wildman–Crippen MR) is 91.6 cm³/mol. The van der Waals surface area contributed by atoms with Crippen molar-refractivity contribution in [1.82, 2.24) is 4.90 Å². The number of nitrogens with two attached hydrogens (primary N) is 1. The highest BCUT2D eigenvalue weighted by Gasteiger charge is 2.51. The molecular weight excluding hydrogens is 352 g/mol. The highest BCUT2D eigenvalue weighted by atomic mass is 35.5. The van der Waals surface area contributed by atoms with E-state index in [9.17, 15) is 9.59 Å². The number of thioether (sulfide) groups is 1. The number of hydrogen-bond donors (Lipinski definition) is 1. The zero-order valence-electron chi connectivity index (χ0n) is 13.0. The first-order valence-corrected chi connectivity index (χ1v) is 8.93. The molecule has 1 aromatic rings. The number of alkyl halides is 1. The Hall–Kier alpha value is -1.70. The van der Waals surface area contributed by atoms with Crippen LogP contribution in [0.5, 0.6) is 5.75 Å². The number of carbonyl (C=O) groups is 2. The van der Waals surface area contributed by atoms with Crippen molar-refractivity contribution < 1.29 is 19.1 Å². The van der Waals surface area contributed by atoms with Gasteiger partial charge in [-0.25, -0.2) is 4.79 Å². The summed E-state index contributed by atoms with van der Waals surface area (Å²) >= 11 is 7.44. The van der Waals surface area contributed by atoms with Gasteiger partial charge in [-0.3, -0.25) is 9.69 Å². The fraction of sp³-hybridized carbons (Fsp3) is 0.375. The molecule has 2 aliphatic heterocycles. The second-order valence-corrected chi connectivity index (χ2v) is 6.82. The molecule has 3 rings (SSSR count). The maximum atomic E-state index is 12.5. The molecule has 128 valence electrons. The third-order valence-electron chi connectivity index (χ3n) is 3.97. The Labute approximate surface area is 148 Å². The maximum absolute atomic E-state index is 12.5. The molecule has 1 aromatic carbocycles. The highest BCUT2D eigenvalue weighted by molar-refractivity contribution is 8.00. The van der Waals surface area contributed by atoms with Crippen LogP contribution in [0.4, 0.5) is 0 Å². The summed E-state index contributed by atoms with van der Waals surface area (Å²) < 4.78 is 10.5. The average Bonchev–Trinajstić information content (AvgIpc) is 2.64. The molecule has 1 amide bonds. The summed E-state index contributed by atoms with van der Waals surface area (Å²) in [6.07, 6.45) is 0. The number of methoxy groups -OCH3 is 1. The topological polar surface area (TPSA) is 81.9 Å². The number of hydrogen-bond acceptors (Lipinski definition) is 6. The van der Waals surface area contributed by atoms with Crippen LogP contribution >= 0.6 is 23.4 Å². The van der Waals surface area contributed by atoms with Crippen LogP contribution in [0.25, 0.3) is 0 Å². The SMILES string of the molecule is COc1ccc(COC(=O)C2=C(CCl)CSC3[C@H](N)C(=O)N23)cc1. The second-order valence-electron chi connectivity index (χ2n) is 5.45. The molecule has 1 saturated heterocycles. The van der Waals surface area contributed by atoms with E-state index in [0.717, 1.165) is 11.3 Å². The van der Waals surface area contributed by atoms with Crippen molar-refractivity contribution in [3.63, 3.8) is 0 Å². The molecule has 1 unspecified atom stereocenters. The number of carbonyl (C=O) groups excluding carboxylic acids is 2. The van der Waals surface area contributed by atoms with Gasteiger partial charge in [0.05, 0.1) is 7.11 Å². The summed E-state index contributed by atoms with van der Waals surface area (Å²) in [6, 6.07) is 6.63. The number of benzene rings is 1. The third-order valence-corrected chi connectivity index (χ3v) is 5.66. The lowest BCUT2D eigenvalue weighted by molar-refractivity contribution is -0.151. The Kier molecular flexibility index (Phi) is 5.03. The molecule has 1 fully saturated rings. The quantitative estimate of drug-likeness (QED) is 0.481. The molecule has 2 atom stereocenters. The Balaban J connectivity index is 1.72. The summed E-state index contributed by atoms with van der Waals surface area (Å²) in [5.41, 5.74) is 7.55.